The summed E-state index contributed by atoms with van der Waals surface area (Å²) in [5.74, 6) is 0.188. The highest BCUT2D eigenvalue weighted by Gasteiger charge is 2.36. The minimum Gasteiger partial charge on any atom is -0.507 e. The summed E-state index contributed by atoms with van der Waals surface area (Å²) < 4.78 is 10.2. The van der Waals surface area contributed by atoms with Gasteiger partial charge in [0, 0.05) is 5.41 Å². The third kappa shape index (κ3) is 3.17. The molecule has 0 bridgehead atoms. The SMILES string of the molecule is COC(=O)c1c(O)ccc2c1C=CC(c1ccccc1)(c1ccc(OC)cc1)C2. The summed E-state index contributed by atoms with van der Waals surface area (Å²) in [7, 11) is 2.97. The van der Waals surface area contributed by atoms with Gasteiger partial charge in [0.25, 0.3) is 0 Å². The molecule has 1 N–H and O–H groups in total. The highest BCUT2D eigenvalue weighted by Crippen LogP contribution is 2.43. The van der Waals surface area contributed by atoms with E-state index in [1.165, 1.54) is 7.11 Å². The van der Waals surface area contributed by atoms with E-state index in [2.05, 4.69) is 30.3 Å². The van der Waals surface area contributed by atoms with Crippen LogP contribution < -0.4 is 4.74 Å². The highest BCUT2D eigenvalue weighted by atomic mass is 16.5. The Balaban J connectivity index is 1.90. The lowest BCUT2D eigenvalue weighted by Crippen LogP contribution is -2.31. The van der Waals surface area contributed by atoms with Crippen LogP contribution in [0.2, 0.25) is 0 Å². The van der Waals surface area contributed by atoms with Crippen molar-refractivity contribution < 1.29 is 19.4 Å². The second kappa shape index (κ2) is 7.47. The van der Waals surface area contributed by atoms with Gasteiger partial charge in [-0.15, -0.1) is 0 Å². The zero-order valence-corrected chi connectivity index (χ0v) is 16.4. The summed E-state index contributed by atoms with van der Waals surface area (Å²) >= 11 is 0. The van der Waals surface area contributed by atoms with Crippen LogP contribution in [0.5, 0.6) is 11.5 Å². The maximum atomic E-state index is 12.2. The molecule has 3 aromatic rings. The summed E-state index contributed by atoms with van der Waals surface area (Å²) in [4.78, 5) is 12.2. The number of esters is 1. The summed E-state index contributed by atoms with van der Waals surface area (Å²) in [5, 5.41) is 10.2. The third-order valence-electron chi connectivity index (χ3n) is 5.60. The molecule has 0 heterocycles. The minimum atomic E-state index is -0.541. The van der Waals surface area contributed by atoms with Gasteiger partial charge in [-0.05, 0) is 46.9 Å². The molecule has 1 atom stereocenters. The quantitative estimate of drug-likeness (QED) is 0.658. The fourth-order valence-corrected chi connectivity index (χ4v) is 4.08. The van der Waals surface area contributed by atoms with Crippen LogP contribution in [0.15, 0.2) is 72.8 Å². The molecule has 1 aliphatic rings. The van der Waals surface area contributed by atoms with Crippen LogP contribution in [0, 0.1) is 0 Å². The molecule has 1 unspecified atom stereocenters. The maximum absolute atomic E-state index is 12.2. The second-order valence-corrected chi connectivity index (χ2v) is 7.10. The topological polar surface area (TPSA) is 55.8 Å². The molecule has 0 radical (unpaired) electrons. The number of methoxy groups -OCH3 is 2. The molecular formula is C25H22O4. The summed E-state index contributed by atoms with van der Waals surface area (Å²) in [6.45, 7) is 0. The van der Waals surface area contributed by atoms with Crippen LogP contribution in [-0.4, -0.2) is 25.3 Å². The van der Waals surface area contributed by atoms with Crippen molar-refractivity contribution in [3.8, 4) is 11.5 Å². The number of fused-ring (bicyclic) bond motifs is 1. The number of hydrogen-bond acceptors (Lipinski definition) is 4. The van der Waals surface area contributed by atoms with Crippen molar-refractivity contribution in [1.82, 2.24) is 0 Å². The molecule has 0 amide bonds. The number of phenols is 1. The second-order valence-electron chi connectivity index (χ2n) is 7.10. The number of benzene rings is 3. The fourth-order valence-electron chi connectivity index (χ4n) is 4.08. The normalized spacial score (nSPS) is 17.4. The molecule has 29 heavy (non-hydrogen) atoms. The molecule has 1 aliphatic carbocycles. The zero-order valence-electron chi connectivity index (χ0n) is 16.4. The summed E-state index contributed by atoms with van der Waals surface area (Å²) in [6, 6.07) is 21.8. The molecule has 3 aromatic carbocycles. The number of aromatic hydroxyl groups is 1. The molecule has 0 saturated heterocycles. The molecule has 4 nitrogen and oxygen atoms in total. The largest absolute Gasteiger partial charge is 0.507 e. The standard InChI is InChI=1S/C25H22O4/c1-28-20-11-9-19(10-12-20)25(18-6-4-3-5-7-18)15-14-21-17(16-25)8-13-22(26)23(21)24(27)29-2/h3-15,26H,16H2,1-2H3. The Hall–Kier alpha value is -3.53. The van der Waals surface area contributed by atoms with Crippen molar-refractivity contribution in [1.29, 1.82) is 0 Å². The maximum Gasteiger partial charge on any atom is 0.342 e. The van der Waals surface area contributed by atoms with Gasteiger partial charge in [-0.1, -0.05) is 60.7 Å². The molecule has 146 valence electrons. The number of hydrogen-bond donors (Lipinski definition) is 1. The number of phenolic OH excluding ortho intramolecular Hbond substituents is 1. The van der Waals surface area contributed by atoms with Crippen LogP contribution in [0.1, 0.15) is 32.6 Å². The Labute approximate surface area is 170 Å². The number of ether oxygens (including phenoxy) is 2. The van der Waals surface area contributed by atoms with Crippen LogP contribution in [0.4, 0.5) is 0 Å². The number of allylic oxidation sites excluding steroid dienone is 1. The monoisotopic (exact) mass is 386 g/mol. The lowest BCUT2D eigenvalue weighted by molar-refractivity contribution is 0.0597. The van der Waals surface area contributed by atoms with E-state index >= 15 is 0 Å². The van der Waals surface area contributed by atoms with Gasteiger partial charge in [0.05, 0.1) is 14.2 Å². The first kappa shape index (κ1) is 18.8. The van der Waals surface area contributed by atoms with Crippen LogP contribution >= 0.6 is 0 Å². The fraction of sp³-hybridized carbons (Fsp3) is 0.160. The van der Waals surface area contributed by atoms with Crippen LogP contribution in [-0.2, 0) is 16.6 Å². The van der Waals surface area contributed by atoms with Gasteiger partial charge in [-0.2, -0.15) is 0 Å². The predicted molar refractivity (Wildman–Crippen MR) is 112 cm³/mol. The van der Waals surface area contributed by atoms with Gasteiger partial charge in [-0.25, -0.2) is 4.79 Å². The van der Waals surface area contributed by atoms with E-state index in [1.54, 1.807) is 13.2 Å². The van der Waals surface area contributed by atoms with E-state index in [0.717, 1.165) is 22.4 Å². The Kier molecular flexibility index (Phi) is 4.85. The minimum absolute atomic E-state index is 0.0723. The van der Waals surface area contributed by atoms with Gasteiger partial charge in [0.1, 0.15) is 17.1 Å². The molecule has 0 spiro atoms. The van der Waals surface area contributed by atoms with Crippen LogP contribution in [0.25, 0.3) is 6.08 Å². The van der Waals surface area contributed by atoms with E-state index in [0.29, 0.717) is 12.0 Å². The van der Waals surface area contributed by atoms with E-state index in [4.69, 9.17) is 9.47 Å². The van der Waals surface area contributed by atoms with Gasteiger partial charge in [-0.3, -0.25) is 0 Å². The Morgan fingerprint density at radius 1 is 0.931 bits per heavy atom. The molecule has 4 heteroatoms. The Morgan fingerprint density at radius 3 is 2.28 bits per heavy atom. The Bertz CT molecular complexity index is 1070. The summed E-state index contributed by atoms with van der Waals surface area (Å²) in [6.07, 6.45) is 4.68. The lowest BCUT2D eigenvalue weighted by Gasteiger charge is -2.36. The molecular weight excluding hydrogens is 364 g/mol. The van der Waals surface area contributed by atoms with E-state index in [9.17, 15) is 9.90 Å². The van der Waals surface area contributed by atoms with Crippen molar-refractivity contribution in [2.75, 3.05) is 14.2 Å². The van der Waals surface area contributed by atoms with E-state index in [1.807, 2.05) is 42.5 Å². The van der Waals surface area contributed by atoms with Crippen molar-refractivity contribution in [3.05, 3.63) is 101 Å². The average Bonchev–Trinajstić information content (AvgIpc) is 2.79. The van der Waals surface area contributed by atoms with Crippen molar-refractivity contribution >= 4 is 12.0 Å². The van der Waals surface area contributed by atoms with Gasteiger partial charge >= 0.3 is 5.97 Å². The molecule has 0 saturated carbocycles. The van der Waals surface area contributed by atoms with Gasteiger partial charge in [0.2, 0.25) is 0 Å². The molecule has 0 aromatic heterocycles. The van der Waals surface area contributed by atoms with Crippen LogP contribution in [0.3, 0.4) is 0 Å². The first-order chi connectivity index (χ1) is 14.1. The lowest BCUT2D eigenvalue weighted by atomic mass is 9.67. The molecule has 0 aliphatic heterocycles. The first-order valence-electron chi connectivity index (χ1n) is 9.41. The third-order valence-corrected chi connectivity index (χ3v) is 5.60. The Morgan fingerprint density at radius 2 is 1.62 bits per heavy atom. The molecule has 0 fully saturated rings. The zero-order chi connectivity index (χ0) is 20.4. The first-order valence-corrected chi connectivity index (χ1v) is 9.41. The number of carbonyl (C=O) groups is 1. The summed E-state index contributed by atoms with van der Waals surface area (Å²) in [5.41, 5.74) is 3.77. The van der Waals surface area contributed by atoms with Gasteiger partial charge in [0.15, 0.2) is 0 Å². The number of rotatable bonds is 4. The van der Waals surface area contributed by atoms with E-state index < -0.39 is 11.4 Å². The van der Waals surface area contributed by atoms with Crippen molar-refractivity contribution in [3.63, 3.8) is 0 Å². The smallest absolute Gasteiger partial charge is 0.342 e. The highest BCUT2D eigenvalue weighted by molar-refractivity contribution is 5.97. The molecule has 4 rings (SSSR count). The predicted octanol–water partition coefficient (Wildman–Crippen LogP) is 4.74. The number of carbonyl (C=O) groups excluding carboxylic acids is 1. The average molecular weight is 386 g/mol. The van der Waals surface area contributed by atoms with Crippen molar-refractivity contribution in [2.45, 2.75) is 11.8 Å². The van der Waals surface area contributed by atoms with Crippen molar-refractivity contribution in [2.24, 2.45) is 0 Å². The van der Waals surface area contributed by atoms with Gasteiger partial charge < -0.3 is 14.6 Å². The van der Waals surface area contributed by atoms with E-state index in [-0.39, 0.29) is 11.3 Å².